The predicted molar refractivity (Wildman–Crippen MR) is 59.1 cm³/mol. The van der Waals surface area contributed by atoms with E-state index in [2.05, 4.69) is 21.1 Å². The van der Waals surface area contributed by atoms with E-state index in [-0.39, 0.29) is 12.5 Å². The van der Waals surface area contributed by atoms with Gasteiger partial charge in [0.15, 0.2) is 0 Å². The maximum absolute atomic E-state index is 11.3. The predicted octanol–water partition coefficient (Wildman–Crippen LogP) is -0.916. The molecule has 5 N–H and O–H groups in total. The number of nitrogens with two attached hydrogens (primary N) is 1. The van der Waals surface area contributed by atoms with Gasteiger partial charge < -0.3 is 10.6 Å². The van der Waals surface area contributed by atoms with Crippen molar-refractivity contribution in [2.24, 2.45) is 10.8 Å². The summed E-state index contributed by atoms with van der Waals surface area (Å²) in [4.78, 5) is 15.3. The summed E-state index contributed by atoms with van der Waals surface area (Å²) in [6.07, 6.45) is 3.16. The Balaban J connectivity index is 2.21. The van der Waals surface area contributed by atoms with Crippen LogP contribution < -0.4 is 21.9 Å². The molecule has 0 aliphatic heterocycles. The van der Waals surface area contributed by atoms with Gasteiger partial charge in [-0.05, 0) is 19.3 Å². The zero-order valence-electron chi connectivity index (χ0n) is 9.05. The van der Waals surface area contributed by atoms with Crippen LogP contribution in [0.5, 0.6) is 0 Å². The Morgan fingerprint density at radius 3 is 2.80 bits per heavy atom. The van der Waals surface area contributed by atoms with E-state index in [1.807, 2.05) is 6.92 Å². The Bertz CT molecular complexity index is 237. The van der Waals surface area contributed by atoms with Crippen LogP contribution in [0, 0.1) is 0 Å². The number of carbonyl (C=O) groups excluding carboxylic acids is 1. The monoisotopic (exact) mass is 213 g/mol. The second-order valence-corrected chi connectivity index (χ2v) is 3.58. The molecule has 0 bridgehead atoms. The highest BCUT2D eigenvalue weighted by molar-refractivity contribution is 5.84. The normalized spacial score (nSPS) is 16.0. The molecule has 1 aliphatic carbocycles. The van der Waals surface area contributed by atoms with Gasteiger partial charge >= 0.3 is 0 Å². The Hall–Kier alpha value is -1.30. The third-order valence-corrected chi connectivity index (χ3v) is 2.00. The summed E-state index contributed by atoms with van der Waals surface area (Å²) >= 11 is 0. The molecule has 0 aromatic rings. The first-order chi connectivity index (χ1) is 7.26. The molecule has 6 heteroatoms. The summed E-state index contributed by atoms with van der Waals surface area (Å²) in [6.45, 7) is 2.95. The summed E-state index contributed by atoms with van der Waals surface area (Å²) in [5, 5.41) is 5.82. The third kappa shape index (κ3) is 5.21. The highest BCUT2D eigenvalue weighted by Gasteiger charge is 2.22. The molecule has 15 heavy (non-hydrogen) atoms. The van der Waals surface area contributed by atoms with Crippen LogP contribution in [-0.4, -0.2) is 31.0 Å². The van der Waals surface area contributed by atoms with Crippen molar-refractivity contribution in [3.63, 3.8) is 0 Å². The summed E-state index contributed by atoms with van der Waals surface area (Å²) in [6, 6.07) is 0.380. The molecule has 1 fully saturated rings. The largest absolute Gasteiger partial charge is 0.355 e. The van der Waals surface area contributed by atoms with Gasteiger partial charge in [0, 0.05) is 12.6 Å². The zero-order chi connectivity index (χ0) is 11.1. The lowest BCUT2D eigenvalue weighted by molar-refractivity contribution is -0.119. The van der Waals surface area contributed by atoms with Crippen molar-refractivity contribution in [3.8, 4) is 0 Å². The van der Waals surface area contributed by atoms with Crippen molar-refractivity contribution in [2.75, 3.05) is 13.1 Å². The Labute approximate surface area is 89.7 Å². The molecule has 0 unspecified atom stereocenters. The molecule has 1 rings (SSSR count). The van der Waals surface area contributed by atoms with Crippen molar-refractivity contribution >= 4 is 11.9 Å². The van der Waals surface area contributed by atoms with E-state index in [1.54, 1.807) is 0 Å². The first-order valence-electron chi connectivity index (χ1n) is 5.30. The van der Waals surface area contributed by atoms with Crippen LogP contribution >= 0.6 is 0 Å². The van der Waals surface area contributed by atoms with Gasteiger partial charge in [-0.15, -0.1) is 0 Å². The van der Waals surface area contributed by atoms with Gasteiger partial charge in [0.2, 0.25) is 11.9 Å². The first-order valence-corrected chi connectivity index (χ1v) is 5.30. The minimum absolute atomic E-state index is 0.0523. The van der Waals surface area contributed by atoms with Crippen LogP contribution in [0.15, 0.2) is 4.99 Å². The molecule has 86 valence electrons. The Morgan fingerprint density at radius 2 is 2.27 bits per heavy atom. The summed E-state index contributed by atoms with van der Waals surface area (Å²) < 4.78 is 0. The topological polar surface area (TPSA) is 91.5 Å². The lowest BCUT2D eigenvalue weighted by Crippen LogP contribution is -2.42. The lowest BCUT2D eigenvalue weighted by atomic mass is 10.5. The molecule has 1 saturated carbocycles. The van der Waals surface area contributed by atoms with E-state index in [9.17, 15) is 4.79 Å². The highest BCUT2D eigenvalue weighted by atomic mass is 16.2. The van der Waals surface area contributed by atoms with Crippen LogP contribution in [0.4, 0.5) is 0 Å². The first kappa shape index (κ1) is 11.8. The van der Waals surface area contributed by atoms with Crippen LogP contribution in [0.2, 0.25) is 0 Å². The highest BCUT2D eigenvalue weighted by Crippen LogP contribution is 2.18. The molecular formula is C9H19N5O. The second-order valence-electron chi connectivity index (χ2n) is 3.58. The van der Waals surface area contributed by atoms with Crippen molar-refractivity contribution < 1.29 is 4.79 Å². The van der Waals surface area contributed by atoms with Gasteiger partial charge in [0.1, 0.15) is 6.54 Å². The van der Waals surface area contributed by atoms with Crippen molar-refractivity contribution in [3.05, 3.63) is 0 Å². The maximum Gasteiger partial charge on any atom is 0.242 e. The number of nitrogens with one attached hydrogen (secondary N) is 3. The lowest BCUT2D eigenvalue weighted by Gasteiger charge is -2.07. The molecular weight excluding hydrogens is 194 g/mol. The molecule has 6 nitrogen and oxygen atoms in total. The van der Waals surface area contributed by atoms with Gasteiger partial charge in [-0.25, -0.2) is 10.8 Å². The Kier molecular flexibility index (Phi) is 4.89. The smallest absolute Gasteiger partial charge is 0.242 e. The fraction of sp³-hybridized carbons (Fsp3) is 0.778. The quantitative estimate of drug-likeness (QED) is 0.206. The number of carbonyl (C=O) groups is 1. The van der Waals surface area contributed by atoms with Gasteiger partial charge in [-0.2, -0.15) is 0 Å². The standard InChI is InChI=1S/C9H19N5O/c1-2-5-11-9(14-10)12-6-8(15)13-7-3-4-7/h7H,2-6,10H2,1H3,(H,13,15)(H2,11,12,14). The molecule has 0 aromatic heterocycles. The molecule has 0 radical (unpaired) electrons. The zero-order valence-corrected chi connectivity index (χ0v) is 9.05. The van der Waals surface area contributed by atoms with Gasteiger partial charge in [0.05, 0.1) is 0 Å². The number of hydrogen-bond acceptors (Lipinski definition) is 3. The molecule has 0 aromatic carbocycles. The molecule has 0 spiro atoms. The number of amides is 1. The number of aliphatic imine (C=N–C) groups is 1. The summed E-state index contributed by atoms with van der Waals surface area (Å²) in [5.74, 6) is 5.65. The molecule has 0 saturated heterocycles. The van der Waals surface area contributed by atoms with E-state index in [0.29, 0.717) is 12.0 Å². The minimum atomic E-state index is -0.0523. The fourth-order valence-electron chi connectivity index (χ4n) is 1.05. The minimum Gasteiger partial charge on any atom is -0.355 e. The van der Waals surface area contributed by atoms with Crippen molar-refractivity contribution in [1.82, 2.24) is 16.1 Å². The Morgan fingerprint density at radius 1 is 1.53 bits per heavy atom. The number of hydrogen-bond donors (Lipinski definition) is 4. The number of hydrazine groups is 1. The molecule has 1 amide bonds. The average molecular weight is 213 g/mol. The van der Waals surface area contributed by atoms with E-state index in [4.69, 9.17) is 5.84 Å². The van der Waals surface area contributed by atoms with E-state index in [0.717, 1.165) is 25.8 Å². The van der Waals surface area contributed by atoms with Gasteiger partial charge in [-0.1, -0.05) is 6.92 Å². The number of nitrogens with zero attached hydrogens (tertiary/aromatic N) is 1. The fourth-order valence-corrected chi connectivity index (χ4v) is 1.05. The average Bonchev–Trinajstić information content (AvgIpc) is 3.02. The third-order valence-electron chi connectivity index (χ3n) is 2.00. The van der Waals surface area contributed by atoms with E-state index >= 15 is 0 Å². The number of rotatable bonds is 5. The van der Waals surface area contributed by atoms with E-state index < -0.39 is 0 Å². The van der Waals surface area contributed by atoms with Gasteiger partial charge in [-0.3, -0.25) is 10.2 Å². The maximum atomic E-state index is 11.3. The van der Waals surface area contributed by atoms with Crippen LogP contribution in [0.3, 0.4) is 0 Å². The summed E-state index contributed by atoms with van der Waals surface area (Å²) in [5.41, 5.74) is 2.42. The van der Waals surface area contributed by atoms with Crippen molar-refractivity contribution in [1.29, 1.82) is 0 Å². The second kappa shape index (κ2) is 6.23. The SMILES string of the molecule is CCCNC(=NCC(=O)NC1CC1)NN. The number of guanidine groups is 1. The van der Waals surface area contributed by atoms with Crippen LogP contribution in [0.25, 0.3) is 0 Å². The van der Waals surface area contributed by atoms with E-state index in [1.165, 1.54) is 0 Å². The van der Waals surface area contributed by atoms with Crippen LogP contribution in [0.1, 0.15) is 26.2 Å². The molecule has 0 heterocycles. The summed E-state index contributed by atoms with van der Waals surface area (Å²) in [7, 11) is 0. The van der Waals surface area contributed by atoms with Crippen molar-refractivity contribution in [2.45, 2.75) is 32.2 Å². The molecule has 0 atom stereocenters. The van der Waals surface area contributed by atoms with Gasteiger partial charge in [0.25, 0.3) is 0 Å². The van der Waals surface area contributed by atoms with Crippen LogP contribution in [-0.2, 0) is 4.79 Å². The molecule has 1 aliphatic rings.